The van der Waals surface area contributed by atoms with Gasteiger partial charge in [-0.1, -0.05) is 29.8 Å². The van der Waals surface area contributed by atoms with E-state index >= 15 is 0 Å². The fourth-order valence-electron chi connectivity index (χ4n) is 2.97. The first-order chi connectivity index (χ1) is 13.6. The van der Waals surface area contributed by atoms with Crippen LogP contribution in [0.25, 0.3) is 0 Å². The Kier molecular flexibility index (Phi) is 7.93. The highest BCUT2D eigenvalue weighted by Gasteiger charge is 2.29. The molecule has 0 fully saturated rings. The normalized spacial score (nSPS) is 12.3. The predicted molar refractivity (Wildman–Crippen MR) is 117 cm³/mol. The van der Waals surface area contributed by atoms with Gasteiger partial charge in [-0.3, -0.25) is 9.10 Å². The van der Waals surface area contributed by atoms with E-state index < -0.39 is 16.1 Å². The minimum Gasteiger partial charge on any atom is -0.497 e. The molecule has 29 heavy (non-hydrogen) atoms. The number of nitrogens with one attached hydrogen (secondary N) is 1. The van der Waals surface area contributed by atoms with Crippen molar-refractivity contribution in [2.45, 2.75) is 32.7 Å². The maximum atomic E-state index is 12.6. The molecule has 1 N–H and O–H groups in total. The van der Waals surface area contributed by atoms with E-state index in [9.17, 15) is 13.2 Å². The number of anilines is 1. The van der Waals surface area contributed by atoms with Crippen LogP contribution in [0.15, 0.2) is 42.5 Å². The molecule has 0 spiro atoms. The van der Waals surface area contributed by atoms with Crippen molar-refractivity contribution in [3.63, 3.8) is 0 Å². The van der Waals surface area contributed by atoms with Crippen LogP contribution in [0.5, 0.6) is 5.75 Å². The Morgan fingerprint density at radius 3 is 2.41 bits per heavy atom. The molecule has 2 aromatic rings. The van der Waals surface area contributed by atoms with Gasteiger partial charge in [0.15, 0.2) is 0 Å². The maximum absolute atomic E-state index is 12.6. The Bertz CT molecular complexity index is 946. The van der Waals surface area contributed by atoms with Crippen LogP contribution in [0.2, 0.25) is 5.02 Å². The van der Waals surface area contributed by atoms with E-state index in [0.29, 0.717) is 17.3 Å². The van der Waals surface area contributed by atoms with Gasteiger partial charge in [0.25, 0.3) is 0 Å². The van der Waals surface area contributed by atoms with Gasteiger partial charge >= 0.3 is 0 Å². The first kappa shape index (κ1) is 23.0. The fraction of sp³-hybridized carbons (Fsp3) is 0.381. The largest absolute Gasteiger partial charge is 0.497 e. The van der Waals surface area contributed by atoms with Crippen LogP contribution in [-0.4, -0.2) is 40.3 Å². The summed E-state index contributed by atoms with van der Waals surface area (Å²) in [7, 11) is -2.05. The zero-order valence-electron chi connectivity index (χ0n) is 17.1. The lowest BCUT2D eigenvalue weighted by atomic mass is 10.1. The molecule has 0 aromatic heterocycles. The summed E-state index contributed by atoms with van der Waals surface area (Å²) in [5.41, 5.74) is 2.34. The first-order valence-corrected chi connectivity index (χ1v) is 11.5. The molecule has 158 valence electrons. The van der Waals surface area contributed by atoms with Gasteiger partial charge in [-0.05, 0) is 62.1 Å². The second kappa shape index (κ2) is 9.98. The second-order valence-corrected chi connectivity index (χ2v) is 9.18. The van der Waals surface area contributed by atoms with Crippen molar-refractivity contribution in [1.29, 1.82) is 0 Å². The topological polar surface area (TPSA) is 75.7 Å². The molecular formula is C21H27ClN2O4S. The Morgan fingerprint density at radius 1 is 1.21 bits per heavy atom. The zero-order chi connectivity index (χ0) is 21.6. The highest BCUT2D eigenvalue weighted by molar-refractivity contribution is 7.92. The van der Waals surface area contributed by atoms with Crippen molar-refractivity contribution in [2.24, 2.45) is 0 Å². The number of benzene rings is 2. The third-order valence-corrected chi connectivity index (χ3v) is 6.25. The average molecular weight is 439 g/mol. The van der Waals surface area contributed by atoms with Crippen LogP contribution >= 0.6 is 11.6 Å². The van der Waals surface area contributed by atoms with Crippen molar-refractivity contribution < 1.29 is 17.9 Å². The van der Waals surface area contributed by atoms with Crippen LogP contribution in [0.3, 0.4) is 0 Å². The summed E-state index contributed by atoms with van der Waals surface area (Å²) in [4.78, 5) is 12.6. The summed E-state index contributed by atoms with van der Waals surface area (Å²) < 4.78 is 30.9. The minimum atomic E-state index is -3.67. The third kappa shape index (κ3) is 6.37. The van der Waals surface area contributed by atoms with E-state index in [1.807, 2.05) is 31.2 Å². The number of rotatable bonds is 9. The summed E-state index contributed by atoms with van der Waals surface area (Å²) in [5.74, 6) is 0.440. The van der Waals surface area contributed by atoms with E-state index in [1.54, 1.807) is 32.2 Å². The number of nitrogens with zero attached hydrogens (tertiary/aromatic N) is 1. The summed E-state index contributed by atoms with van der Waals surface area (Å²) in [6, 6.07) is 11.8. The standard InChI is InChI=1S/C21H27ClN2O4S/c1-15-7-10-18(14-20(15)22)24(29(4,26)27)16(2)21(25)23-13-5-6-17-8-11-19(28-3)12-9-17/h7-12,14,16H,5-6,13H2,1-4H3,(H,23,25). The monoisotopic (exact) mass is 438 g/mol. The number of amides is 1. The van der Waals surface area contributed by atoms with Crippen LogP contribution in [0.4, 0.5) is 5.69 Å². The number of carbonyl (C=O) groups is 1. The van der Waals surface area contributed by atoms with Gasteiger partial charge in [0.1, 0.15) is 11.8 Å². The van der Waals surface area contributed by atoms with Crippen LogP contribution in [0.1, 0.15) is 24.5 Å². The van der Waals surface area contributed by atoms with Crippen LogP contribution in [0, 0.1) is 6.92 Å². The maximum Gasteiger partial charge on any atom is 0.243 e. The summed E-state index contributed by atoms with van der Waals surface area (Å²) >= 11 is 6.14. The van der Waals surface area contributed by atoms with Gasteiger partial charge in [-0.25, -0.2) is 8.42 Å². The lowest BCUT2D eigenvalue weighted by Gasteiger charge is -2.28. The molecule has 0 heterocycles. The van der Waals surface area contributed by atoms with Crippen molar-refractivity contribution in [2.75, 3.05) is 24.2 Å². The first-order valence-electron chi connectivity index (χ1n) is 9.29. The number of ether oxygens (including phenoxy) is 1. The highest BCUT2D eigenvalue weighted by Crippen LogP contribution is 2.26. The number of hydrogen-bond donors (Lipinski definition) is 1. The molecule has 0 bridgehead atoms. The van der Waals surface area contributed by atoms with Gasteiger partial charge in [0, 0.05) is 11.6 Å². The molecule has 1 atom stereocenters. The third-order valence-electron chi connectivity index (χ3n) is 4.60. The van der Waals surface area contributed by atoms with Crippen molar-refractivity contribution >= 4 is 33.2 Å². The molecule has 0 aliphatic rings. The summed E-state index contributed by atoms with van der Waals surface area (Å²) in [5, 5.41) is 3.27. The molecule has 0 radical (unpaired) electrons. The van der Waals surface area contributed by atoms with E-state index in [0.717, 1.165) is 40.3 Å². The van der Waals surface area contributed by atoms with Gasteiger partial charge < -0.3 is 10.1 Å². The Labute approximate surface area is 177 Å². The molecule has 0 saturated carbocycles. The van der Waals surface area contributed by atoms with Crippen molar-refractivity contribution in [3.8, 4) is 5.75 Å². The number of methoxy groups -OCH3 is 1. The number of aryl methyl sites for hydroxylation is 2. The van der Waals surface area contributed by atoms with Gasteiger partial charge in [0.05, 0.1) is 19.1 Å². The molecule has 1 unspecified atom stereocenters. The molecule has 8 heteroatoms. The van der Waals surface area contributed by atoms with E-state index in [-0.39, 0.29) is 5.91 Å². The quantitative estimate of drug-likeness (QED) is 0.607. The minimum absolute atomic E-state index is 0.359. The number of carbonyl (C=O) groups excluding carboxylic acids is 1. The van der Waals surface area contributed by atoms with Gasteiger partial charge in [-0.15, -0.1) is 0 Å². The van der Waals surface area contributed by atoms with E-state index in [1.165, 1.54) is 0 Å². The smallest absolute Gasteiger partial charge is 0.243 e. The molecule has 0 saturated heterocycles. The molecule has 2 rings (SSSR count). The lowest BCUT2D eigenvalue weighted by Crippen LogP contribution is -2.48. The Balaban J connectivity index is 1.98. The number of halogens is 1. The molecule has 6 nitrogen and oxygen atoms in total. The predicted octanol–water partition coefficient (Wildman–Crippen LogP) is 3.56. The van der Waals surface area contributed by atoms with E-state index in [4.69, 9.17) is 16.3 Å². The Hall–Kier alpha value is -2.25. The molecule has 1 amide bonds. The number of hydrogen-bond acceptors (Lipinski definition) is 4. The van der Waals surface area contributed by atoms with E-state index in [2.05, 4.69) is 5.32 Å². The van der Waals surface area contributed by atoms with Crippen LogP contribution in [-0.2, 0) is 21.2 Å². The number of sulfonamides is 1. The highest BCUT2D eigenvalue weighted by atomic mass is 35.5. The van der Waals surface area contributed by atoms with Crippen molar-refractivity contribution in [1.82, 2.24) is 5.32 Å². The molecular weight excluding hydrogens is 412 g/mol. The van der Waals surface area contributed by atoms with Gasteiger partial charge in [-0.2, -0.15) is 0 Å². The summed E-state index contributed by atoms with van der Waals surface area (Å²) in [6.45, 7) is 3.84. The zero-order valence-corrected chi connectivity index (χ0v) is 18.7. The van der Waals surface area contributed by atoms with Gasteiger partial charge in [0.2, 0.25) is 15.9 Å². The second-order valence-electron chi connectivity index (χ2n) is 6.91. The fourth-order valence-corrected chi connectivity index (χ4v) is 4.31. The Morgan fingerprint density at radius 2 is 1.86 bits per heavy atom. The van der Waals surface area contributed by atoms with Crippen molar-refractivity contribution in [3.05, 3.63) is 58.6 Å². The average Bonchev–Trinajstić information content (AvgIpc) is 2.67. The molecule has 0 aliphatic carbocycles. The lowest BCUT2D eigenvalue weighted by molar-refractivity contribution is -0.121. The van der Waals surface area contributed by atoms with Crippen LogP contribution < -0.4 is 14.4 Å². The summed E-state index contributed by atoms with van der Waals surface area (Å²) in [6.07, 6.45) is 2.61. The SMILES string of the molecule is COc1ccc(CCCNC(=O)C(C)N(c2ccc(C)c(Cl)c2)S(C)(=O)=O)cc1. The molecule has 0 aliphatic heterocycles. The molecule has 2 aromatic carbocycles.